The Morgan fingerprint density at radius 1 is 1.62 bits per heavy atom. The van der Waals surface area contributed by atoms with Crippen LogP contribution in [-0.4, -0.2) is 28.3 Å². The molecule has 0 heterocycles. The maximum Gasteiger partial charge on any atom is 0.330 e. The van der Waals surface area contributed by atoms with Crippen molar-refractivity contribution in [3.05, 3.63) is 23.8 Å². The van der Waals surface area contributed by atoms with Crippen LogP contribution in [0.25, 0.3) is 0 Å². The Hall–Kier alpha value is -1.13. The number of carbonyl (C=O) groups is 1. The van der Waals surface area contributed by atoms with Gasteiger partial charge in [-0.1, -0.05) is 18.2 Å². The van der Waals surface area contributed by atoms with E-state index in [-0.39, 0.29) is 0 Å². The average Bonchev–Trinajstić information content (AvgIpc) is 2.17. The normalized spacial score (nSPS) is 20.6. The van der Waals surface area contributed by atoms with Crippen LogP contribution in [0.15, 0.2) is 23.8 Å². The van der Waals surface area contributed by atoms with Crippen molar-refractivity contribution in [2.75, 3.05) is 6.61 Å². The molecule has 0 bridgehead atoms. The maximum absolute atomic E-state index is 10.8. The first kappa shape index (κ1) is 9.95. The summed E-state index contributed by atoms with van der Waals surface area (Å²) in [6.45, 7) is -0.585. The lowest BCUT2D eigenvalue weighted by Gasteiger charge is -2.24. The molecule has 4 heteroatoms. The molecule has 72 valence electrons. The van der Waals surface area contributed by atoms with Gasteiger partial charge in [-0.25, -0.2) is 4.79 Å². The predicted molar refractivity (Wildman–Crippen MR) is 48.1 cm³/mol. The van der Waals surface area contributed by atoms with Crippen molar-refractivity contribution in [1.29, 1.82) is 0 Å². The number of hydrogen-bond acceptors (Lipinski definition) is 3. The molecule has 4 nitrogen and oxygen atoms in total. The Balaban J connectivity index is 2.94. The van der Waals surface area contributed by atoms with Crippen LogP contribution < -0.4 is 5.73 Å². The molecule has 0 fully saturated rings. The fourth-order valence-electron chi connectivity index (χ4n) is 1.23. The van der Waals surface area contributed by atoms with E-state index in [1.807, 2.05) is 6.08 Å². The first-order valence-corrected chi connectivity index (χ1v) is 4.11. The standard InChI is InChI=1S/C9H13NO3/c10-9(6-11,8(12)13)7-4-2-1-3-5-7/h2,4-5,11H,1,3,6,10H2,(H,12,13). The summed E-state index contributed by atoms with van der Waals surface area (Å²) in [4.78, 5) is 10.8. The third kappa shape index (κ3) is 1.79. The molecule has 1 aliphatic carbocycles. The molecule has 0 saturated heterocycles. The SMILES string of the molecule is NC(CO)(C(=O)O)C1=CCCC=C1. The fraction of sp³-hybridized carbons (Fsp3) is 0.444. The fourth-order valence-corrected chi connectivity index (χ4v) is 1.23. The molecule has 1 unspecified atom stereocenters. The summed E-state index contributed by atoms with van der Waals surface area (Å²) in [5, 5.41) is 17.8. The van der Waals surface area contributed by atoms with Crippen LogP contribution in [0.4, 0.5) is 0 Å². The maximum atomic E-state index is 10.8. The molecular formula is C9H13NO3. The summed E-state index contributed by atoms with van der Waals surface area (Å²) in [7, 11) is 0. The number of allylic oxidation sites excluding steroid dienone is 2. The van der Waals surface area contributed by atoms with E-state index >= 15 is 0 Å². The summed E-state index contributed by atoms with van der Waals surface area (Å²) >= 11 is 0. The van der Waals surface area contributed by atoms with E-state index in [1.54, 1.807) is 12.2 Å². The van der Waals surface area contributed by atoms with E-state index in [0.29, 0.717) is 5.57 Å². The Morgan fingerprint density at radius 2 is 2.31 bits per heavy atom. The van der Waals surface area contributed by atoms with E-state index in [0.717, 1.165) is 12.8 Å². The molecular weight excluding hydrogens is 170 g/mol. The van der Waals surface area contributed by atoms with Gasteiger partial charge in [0.1, 0.15) is 0 Å². The molecule has 0 aromatic rings. The van der Waals surface area contributed by atoms with E-state index < -0.39 is 18.1 Å². The first-order chi connectivity index (χ1) is 6.11. The Kier molecular flexibility index (Phi) is 2.85. The van der Waals surface area contributed by atoms with Crippen molar-refractivity contribution in [3.8, 4) is 0 Å². The molecule has 0 aromatic heterocycles. The lowest BCUT2D eigenvalue weighted by molar-refractivity contribution is -0.143. The largest absolute Gasteiger partial charge is 0.480 e. The van der Waals surface area contributed by atoms with E-state index in [1.165, 1.54) is 0 Å². The smallest absolute Gasteiger partial charge is 0.330 e. The second-order valence-electron chi connectivity index (χ2n) is 3.07. The molecule has 1 rings (SSSR count). The third-order valence-electron chi connectivity index (χ3n) is 2.14. The summed E-state index contributed by atoms with van der Waals surface area (Å²) in [5.74, 6) is -1.20. The predicted octanol–water partition coefficient (Wildman–Crippen LogP) is 0.0372. The molecule has 1 atom stereocenters. The molecule has 0 amide bonds. The average molecular weight is 183 g/mol. The van der Waals surface area contributed by atoms with E-state index in [9.17, 15) is 4.79 Å². The van der Waals surface area contributed by atoms with Gasteiger partial charge in [0, 0.05) is 0 Å². The van der Waals surface area contributed by atoms with Crippen molar-refractivity contribution in [2.45, 2.75) is 18.4 Å². The minimum atomic E-state index is -1.64. The number of aliphatic hydroxyl groups excluding tert-OH is 1. The summed E-state index contributed by atoms with van der Waals surface area (Å²) in [6, 6.07) is 0. The summed E-state index contributed by atoms with van der Waals surface area (Å²) in [6.07, 6.45) is 6.94. The van der Waals surface area contributed by atoms with Gasteiger partial charge in [0.05, 0.1) is 6.61 Å². The van der Waals surface area contributed by atoms with Gasteiger partial charge in [-0.15, -0.1) is 0 Å². The Labute approximate surface area is 76.4 Å². The van der Waals surface area contributed by atoms with Crippen molar-refractivity contribution in [1.82, 2.24) is 0 Å². The monoisotopic (exact) mass is 183 g/mol. The lowest BCUT2D eigenvalue weighted by Crippen LogP contribution is -2.52. The molecule has 0 spiro atoms. The van der Waals surface area contributed by atoms with E-state index in [4.69, 9.17) is 15.9 Å². The number of rotatable bonds is 3. The number of carboxylic acids is 1. The minimum Gasteiger partial charge on any atom is -0.480 e. The van der Waals surface area contributed by atoms with Crippen LogP contribution in [0, 0.1) is 0 Å². The van der Waals surface area contributed by atoms with Crippen LogP contribution in [0.1, 0.15) is 12.8 Å². The van der Waals surface area contributed by atoms with Gasteiger partial charge in [0.25, 0.3) is 0 Å². The van der Waals surface area contributed by atoms with Crippen LogP contribution in [-0.2, 0) is 4.79 Å². The van der Waals surface area contributed by atoms with E-state index in [2.05, 4.69) is 0 Å². The minimum absolute atomic E-state index is 0.480. The molecule has 0 saturated carbocycles. The highest BCUT2D eigenvalue weighted by molar-refractivity contribution is 5.84. The van der Waals surface area contributed by atoms with Crippen LogP contribution in [0.5, 0.6) is 0 Å². The second kappa shape index (κ2) is 3.72. The highest BCUT2D eigenvalue weighted by Gasteiger charge is 2.36. The van der Waals surface area contributed by atoms with Crippen molar-refractivity contribution < 1.29 is 15.0 Å². The number of aliphatic hydroxyl groups is 1. The summed E-state index contributed by atoms with van der Waals surface area (Å²) < 4.78 is 0. The van der Waals surface area contributed by atoms with Crippen LogP contribution in [0.3, 0.4) is 0 Å². The first-order valence-electron chi connectivity index (χ1n) is 4.11. The molecule has 0 aliphatic heterocycles. The van der Waals surface area contributed by atoms with Crippen molar-refractivity contribution in [2.24, 2.45) is 5.73 Å². The van der Waals surface area contributed by atoms with Gasteiger partial charge < -0.3 is 15.9 Å². The lowest BCUT2D eigenvalue weighted by atomic mass is 9.88. The van der Waals surface area contributed by atoms with Gasteiger partial charge in [-0.2, -0.15) is 0 Å². The molecule has 13 heavy (non-hydrogen) atoms. The van der Waals surface area contributed by atoms with Gasteiger partial charge in [-0.3, -0.25) is 0 Å². The van der Waals surface area contributed by atoms with Crippen molar-refractivity contribution >= 4 is 5.97 Å². The molecule has 4 N–H and O–H groups in total. The highest BCUT2D eigenvalue weighted by atomic mass is 16.4. The number of carboxylic acid groups (broad SMARTS) is 1. The topological polar surface area (TPSA) is 83.5 Å². The molecule has 1 aliphatic rings. The van der Waals surface area contributed by atoms with Crippen molar-refractivity contribution in [3.63, 3.8) is 0 Å². The van der Waals surface area contributed by atoms with Crippen LogP contribution in [0.2, 0.25) is 0 Å². The summed E-state index contributed by atoms with van der Waals surface area (Å²) in [5.41, 5.74) is 4.38. The Morgan fingerprint density at radius 3 is 2.69 bits per heavy atom. The Bertz CT molecular complexity index is 270. The molecule has 0 aromatic carbocycles. The zero-order chi connectivity index (χ0) is 9.90. The zero-order valence-corrected chi connectivity index (χ0v) is 7.23. The number of nitrogens with two attached hydrogens (primary N) is 1. The van der Waals surface area contributed by atoms with Gasteiger partial charge in [-0.05, 0) is 18.4 Å². The number of aliphatic carboxylic acids is 1. The highest BCUT2D eigenvalue weighted by Crippen LogP contribution is 2.20. The second-order valence-corrected chi connectivity index (χ2v) is 3.07. The van der Waals surface area contributed by atoms with Gasteiger partial charge >= 0.3 is 5.97 Å². The zero-order valence-electron chi connectivity index (χ0n) is 7.23. The number of hydrogen-bond donors (Lipinski definition) is 3. The quantitative estimate of drug-likeness (QED) is 0.576. The third-order valence-corrected chi connectivity index (χ3v) is 2.14. The molecule has 0 radical (unpaired) electrons. The van der Waals surface area contributed by atoms with Gasteiger partial charge in [0.2, 0.25) is 0 Å². The van der Waals surface area contributed by atoms with Crippen LogP contribution >= 0.6 is 0 Å². The van der Waals surface area contributed by atoms with Gasteiger partial charge in [0.15, 0.2) is 5.54 Å².